The van der Waals surface area contributed by atoms with Gasteiger partial charge in [0.05, 0.1) is 23.4 Å². The molecule has 0 bridgehead atoms. The minimum Gasteiger partial charge on any atom is -0.496 e. The number of halogens is 1. The van der Waals surface area contributed by atoms with Crippen molar-refractivity contribution in [2.75, 3.05) is 18.2 Å². The zero-order valence-corrected chi connectivity index (χ0v) is 14.1. The molecular weight excluding hydrogens is 324 g/mol. The lowest BCUT2D eigenvalue weighted by Crippen LogP contribution is -2.13. The van der Waals surface area contributed by atoms with Gasteiger partial charge in [-0.3, -0.25) is 10.1 Å². The summed E-state index contributed by atoms with van der Waals surface area (Å²) in [7, 11) is 1.46. The molecule has 3 N–H and O–H groups in total. The van der Waals surface area contributed by atoms with Gasteiger partial charge in [-0.1, -0.05) is 36.8 Å². The number of benzene rings is 1. The molecule has 0 aliphatic heterocycles. The summed E-state index contributed by atoms with van der Waals surface area (Å²) in [5.41, 5.74) is 6.35. The van der Waals surface area contributed by atoms with E-state index in [-0.39, 0.29) is 5.91 Å². The summed E-state index contributed by atoms with van der Waals surface area (Å²) in [6.07, 6.45) is 0.824. The lowest BCUT2D eigenvalue weighted by atomic mass is 10.1. The maximum absolute atomic E-state index is 12.3. The van der Waals surface area contributed by atoms with Crippen molar-refractivity contribution in [3.8, 4) is 5.75 Å². The molecule has 22 heavy (non-hydrogen) atoms. The molecule has 1 amide bonds. The molecule has 118 valence electrons. The van der Waals surface area contributed by atoms with E-state index < -0.39 is 0 Å². The molecule has 0 radical (unpaired) electrons. The molecule has 0 unspecified atom stereocenters. The third kappa shape index (κ3) is 3.86. The average Bonchev–Trinajstić information content (AvgIpc) is 2.87. The fourth-order valence-electron chi connectivity index (χ4n) is 1.82. The van der Waals surface area contributed by atoms with Crippen LogP contribution in [0.2, 0.25) is 5.02 Å². The molecular formula is C14H17ClN4O2S. The van der Waals surface area contributed by atoms with Crippen molar-refractivity contribution in [3.63, 3.8) is 0 Å². The average molecular weight is 341 g/mol. The number of nitrogens with one attached hydrogen (secondary N) is 1. The van der Waals surface area contributed by atoms with Gasteiger partial charge < -0.3 is 10.5 Å². The zero-order chi connectivity index (χ0) is 16.3. The highest BCUT2D eigenvalue weighted by molar-refractivity contribution is 7.15. The lowest BCUT2D eigenvalue weighted by molar-refractivity contribution is 0.102. The van der Waals surface area contributed by atoms with Gasteiger partial charge in [-0.15, -0.1) is 10.2 Å². The van der Waals surface area contributed by atoms with Crippen LogP contribution in [0.1, 0.15) is 29.2 Å². The molecule has 0 saturated carbocycles. The third-order valence-electron chi connectivity index (χ3n) is 2.83. The summed E-state index contributed by atoms with van der Waals surface area (Å²) in [6, 6.07) is 2.99. The van der Waals surface area contributed by atoms with Gasteiger partial charge in [0.25, 0.3) is 5.91 Å². The first kappa shape index (κ1) is 16.5. The number of aromatic nitrogens is 2. The number of carbonyl (C=O) groups excluding carboxylic acids is 1. The summed E-state index contributed by atoms with van der Waals surface area (Å²) >= 11 is 7.32. The number of nitrogens with zero attached hydrogens (tertiary/aromatic N) is 2. The van der Waals surface area contributed by atoms with Crippen molar-refractivity contribution in [2.45, 2.75) is 20.3 Å². The number of ether oxygens (including phenoxy) is 1. The molecule has 8 heteroatoms. The monoisotopic (exact) mass is 340 g/mol. The first-order valence-corrected chi connectivity index (χ1v) is 7.87. The first-order chi connectivity index (χ1) is 10.4. The first-order valence-electron chi connectivity index (χ1n) is 6.67. The fourth-order valence-corrected chi connectivity index (χ4v) is 2.93. The van der Waals surface area contributed by atoms with Crippen molar-refractivity contribution >= 4 is 39.7 Å². The van der Waals surface area contributed by atoms with Gasteiger partial charge in [0.2, 0.25) is 5.13 Å². The van der Waals surface area contributed by atoms with Crippen LogP contribution in [0.3, 0.4) is 0 Å². The van der Waals surface area contributed by atoms with Gasteiger partial charge in [-0.05, 0) is 12.0 Å². The summed E-state index contributed by atoms with van der Waals surface area (Å²) in [4.78, 5) is 12.3. The zero-order valence-electron chi connectivity index (χ0n) is 12.5. The van der Waals surface area contributed by atoms with Gasteiger partial charge in [0.15, 0.2) is 0 Å². The quantitative estimate of drug-likeness (QED) is 0.815. The van der Waals surface area contributed by atoms with Crippen LogP contribution in [0, 0.1) is 5.92 Å². The Bertz CT molecular complexity index is 687. The van der Waals surface area contributed by atoms with Gasteiger partial charge in [-0.2, -0.15) is 0 Å². The van der Waals surface area contributed by atoms with Crippen LogP contribution in [0.25, 0.3) is 0 Å². The molecule has 1 aromatic heterocycles. The highest BCUT2D eigenvalue weighted by Crippen LogP contribution is 2.29. The Hall–Kier alpha value is -1.86. The van der Waals surface area contributed by atoms with Crippen LogP contribution >= 0.6 is 22.9 Å². The van der Waals surface area contributed by atoms with Crippen molar-refractivity contribution in [1.82, 2.24) is 10.2 Å². The predicted molar refractivity (Wildman–Crippen MR) is 88.8 cm³/mol. The Morgan fingerprint density at radius 2 is 2.18 bits per heavy atom. The van der Waals surface area contributed by atoms with E-state index in [0.717, 1.165) is 11.4 Å². The molecule has 0 atom stereocenters. The van der Waals surface area contributed by atoms with Crippen molar-refractivity contribution in [3.05, 3.63) is 27.7 Å². The predicted octanol–water partition coefficient (Wildman–Crippen LogP) is 3.23. The number of methoxy groups -OCH3 is 1. The van der Waals surface area contributed by atoms with E-state index in [9.17, 15) is 4.79 Å². The molecule has 0 aliphatic carbocycles. The molecule has 0 saturated heterocycles. The Labute approximate surface area is 137 Å². The number of hydrogen-bond acceptors (Lipinski definition) is 6. The topological polar surface area (TPSA) is 90.1 Å². The SMILES string of the molecule is COc1cc(N)c(Cl)cc1C(=O)Nc1nnc(CC(C)C)s1. The summed E-state index contributed by atoms with van der Waals surface area (Å²) in [5, 5.41) is 12.3. The van der Waals surface area contributed by atoms with E-state index in [2.05, 4.69) is 29.4 Å². The number of rotatable bonds is 5. The minimum absolute atomic E-state index is 0.294. The van der Waals surface area contributed by atoms with E-state index in [1.807, 2.05) is 0 Å². The lowest BCUT2D eigenvalue weighted by Gasteiger charge is -2.09. The highest BCUT2D eigenvalue weighted by atomic mass is 35.5. The van der Waals surface area contributed by atoms with Crippen LogP contribution in [0.15, 0.2) is 12.1 Å². The number of nitrogens with two attached hydrogens (primary N) is 1. The van der Waals surface area contributed by atoms with E-state index in [4.69, 9.17) is 22.1 Å². The van der Waals surface area contributed by atoms with E-state index in [0.29, 0.717) is 33.1 Å². The number of anilines is 2. The molecule has 6 nitrogen and oxygen atoms in total. The smallest absolute Gasteiger partial charge is 0.261 e. The molecule has 1 aromatic carbocycles. The third-order valence-corrected chi connectivity index (χ3v) is 4.02. The molecule has 0 fully saturated rings. The van der Waals surface area contributed by atoms with E-state index in [1.54, 1.807) is 0 Å². The second kappa shape index (κ2) is 6.93. The largest absolute Gasteiger partial charge is 0.496 e. The molecule has 0 aliphatic rings. The minimum atomic E-state index is -0.369. The molecule has 2 aromatic rings. The molecule has 0 spiro atoms. The van der Waals surface area contributed by atoms with Crippen LogP contribution < -0.4 is 15.8 Å². The number of nitrogen functional groups attached to an aromatic ring is 1. The van der Waals surface area contributed by atoms with Gasteiger partial charge in [0, 0.05) is 12.5 Å². The Morgan fingerprint density at radius 3 is 2.82 bits per heavy atom. The number of carbonyl (C=O) groups is 1. The standard InChI is InChI=1S/C14H17ClN4O2S/c1-7(2)4-12-18-19-14(22-12)17-13(20)8-5-9(15)10(16)6-11(8)21-3/h5-7H,4,16H2,1-3H3,(H,17,19,20). The maximum atomic E-state index is 12.3. The summed E-state index contributed by atoms with van der Waals surface area (Å²) in [6.45, 7) is 4.20. The number of hydrogen-bond donors (Lipinski definition) is 2. The maximum Gasteiger partial charge on any atom is 0.261 e. The molecule has 1 heterocycles. The van der Waals surface area contributed by atoms with Crippen LogP contribution in [0.5, 0.6) is 5.75 Å². The second-order valence-corrected chi connectivity index (χ2v) is 6.60. The van der Waals surface area contributed by atoms with Crippen molar-refractivity contribution in [2.24, 2.45) is 5.92 Å². The van der Waals surface area contributed by atoms with Gasteiger partial charge in [-0.25, -0.2) is 0 Å². The Morgan fingerprint density at radius 1 is 1.45 bits per heavy atom. The highest BCUT2D eigenvalue weighted by Gasteiger charge is 2.17. The van der Waals surface area contributed by atoms with Crippen LogP contribution in [-0.2, 0) is 6.42 Å². The van der Waals surface area contributed by atoms with E-state index in [1.165, 1.54) is 30.6 Å². The summed E-state index contributed by atoms with van der Waals surface area (Å²) < 4.78 is 5.17. The molecule has 2 rings (SSSR count). The van der Waals surface area contributed by atoms with Gasteiger partial charge >= 0.3 is 0 Å². The van der Waals surface area contributed by atoms with Crippen molar-refractivity contribution in [1.29, 1.82) is 0 Å². The second-order valence-electron chi connectivity index (χ2n) is 5.13. The van der Waals surface area contributed by atoms with Gasteiger partial charge in [0.1, 0.15) is 10.8 Å². The Balaban J connectivity index is 2.18. The summed E-state index contributed by atoms with van der Waals surface area (Å²) in [5.74, 6) is 0.463. The van der Waals surface area contributed by atoms with Crippen LogP contribution in [0.4, 0.5) is 10.8 Å². The number of amides is 1. The van der Waals surface area contributed by atoms with E-state index >= 15 is 0 Å². The Kier molecular flexibility index (Phi) is 5.20. The van der Waals surface area contributed by atoms with Crippen molar-refractivity contribution < 1.29 is 9.53 Å². The normalized spacial score (nSPS) is 10.8. The van der Waals surface area contributed by atoms with Crippen LogP contribution in [-0.4, -0.2) is 23.2 Å². The fraction of sp³-hybridized carbons (Fsp3) is 0.357.